The largest absolute Gasteiger partial charge is 0.492 e. The number of benzene rings is 1. The Hall–Kier alpha value is -1.26. The van der Waals surface area contributed by atoms with Crippen LogP contribution in [0.4, 0.5) is 5.69 Å². The van der Waals surface area contributed by atoms with Gasteiger partial charge in [0.25, 0.3) is 0 Å². The Morgan fingerprint density at radius 3 is 2.90 bits per heavy atom. The van der Waals surface area contributed by atoms with E-state index >= 15 is 0 Å². The molecule has 0 radical (unpaired) electrons. The molecule has 1 heterocycles. The minimum absolute atomic E-state index is 0.0183. The molecule has 0 saturated carbocycles. The number of carbonyl (C=O) groups excluding carboxylic acids is 1. The lowest BCUT2D eigenvalue weighted by atomic mass is 9.97. The van der Waals surface area contributed by atoms with Gasteiger partial charge < -0.3 is 15.4 Å². The van der Waals surface area contributed by atoms with E-state index in [4.69, 9.17) is 16.3 Å². The molecule has 2 N–H and O–H groups in total. The summed E-state index contributed by atoms with van der Waals surface area (Å²) < 4.78 is 5.51. The Bertz CT molecular complexity index is 479. The molecular formula is C15H21ClN2O2. The van der Waals surface area contributed by atoms with Crippen LogP contribution >= 0.6 is 11.6 Å². The topological polar surface area (TPSA) is 50.4 Å². The molecule has 2 atom stereocenters. The fraction of sp³-hybridized carbons (Fsp3) is 0.533. The van der Waals surface area contributed by atoms with E-state index in [2.05, 4.69) is 17.6 Å². The van der Waals surface area contributed by atoms with Gasteiger partial charge in [-0.1, -0.05) is 25.4 Å². The van der Waals surface area contributed by atoms with Crippen molar-refractivity contribution in [1.82, 2.24) is 5.32 Å². The van der Waals surface area contributed by atoms with E-state index < -0.39 is 0 Å². The Morgan fingerprint density at radius 1 is 1.50 bits per heavy atom. The molecule has 5 heteroatoms. The van der Waals surface area contributed by atoms with Gasteiger partial charge in [-0.15, -0.1) is 0 Å². The van der Waals surface area contributed by atoms with Gasteiger partial charge in [0.1, 0.15) is 5.75 Å². The van der Waals surface area contributed by atoms with E-state index in [0.717, 1.165) is 19.5 Å². The van der Waals surface area contributed by atoms with Crippen molar-refractivity contribution in [2.45, 2.75) is 20.3 Å². The molecule has 1 fully saturated rings. The third kappa shape index (κ3) is 3.64. The smallest absolute Gasteiger partial charge is 0.229 e. The number of anilines is 1. The number of hydrogen-bond acceptors (Lipinski definition) is 3. The van der Waals surface area contributed by atoms with E-state index in [9.17, 15) is 4.79 Å². The summed E-state index contributed by atoms with van der Waals surface area (Å²) in [5, 5.41) is 6.67. The van der Waals surface area contributed by atoms with E-state index in [1.807, 2.05) is 13.0 Å². The first-order chi connectivity index (χ1) is 9.61. The fourth-order valence-electron chi connectivity index (χ4n) is 2.30. The van der Waals surface area contributed by atoms with Gasteiger partial charge in [0.15, 0.2) is 0 Å². The first-order valence-corrected chi connectivity index (χ1v) is 7.43. The summed E-state index contributed by atoms with van der Waals surface area (Å²) in [5.41, 5.74) is 0.711. The maximum absolute atomic E-state index is 12.2. The summed E-state index contributed by atoms with van der Waals surface area (Å²) in [6.45, 7) is 6.38. The Morgan fingerprint density at radius 2 is 2.30 bits per heavy atom. The van der Waals surface area contributed by atoms with Gasteiger partial charge in [-0.05, 0) is 37.1 Å². The van der Waals surface area contributed by atoms with Crippen LogP contribution in [0, 0.1) is 11.8 Å². The van der Waals surface area contributed by atoms with Crippen molar-refractivity contribution >= 4 is 23.2 Å². The van der Waals surface area contributed by atoms with E-state index in [1.54, 1.807) is 12.1 Å². The van der Waals surface area contributed by atoms with Gasteiger partial charge in [0, 0.05) is 12.2 Å². The molecule has 1 aliphatic rings. The summed E-state index contributed by atoms with van der Waals surface area (Å²) in [6.07, 6.45) is 0.932. The second-order valence-electron chi connectivity index (χ2n) is 5.22. The third-order valence-electron chi connectivity index (χ3n) is 3.52. The van der Waals surface area contributed by atoms with Crippen LogP contribution < -0.4 is 15.4 Å². The highest BCUT2D eigenvalue weighted by molar-refractivity contribution is 6.32. The molecule has 2 rings (SSSR count). The molecule has 2 unspecified atom stereocenters. The van der Waals surface area contributed by atoms with Gasteiger partial charge in [-0.25, -0.2) is 0 Å². The Balaban J connectivity index is 1.99. The SMILES string of the molecule is CCCOc1ccc(NC(=O)C2CNCC2C)cc1Cl. The molecule has 0 bridgehead atoms. The second kappa shape index (κ2) is 6.95. The molecule has 1 aromatic carbocycles. The van der Waals surface area contributed by atoms with Crippen LogP contribution in [0.5, 0.6) is 5.75 Å². The number of rotatable bonds is 5. The molecule has 20 heavy (non-hydrogen) atoms. The Labute approximate surface area is 124 Å². The minimum atomic E-state index is 0.0183. The number of carbonyl (C=O) groups is 1. The Kier molecular flexibility index (Phi) is 5.26. The number of hydrogen-bond donors (Lipinski definition) is 2. The minimum Gasteiger partial charge on any atom is -0.492 e. The summed E-state index contributed by atoms with van der Waals surface area (Å²) >= 11 is 6.15. The van der Waals surface area contributed by atoms with E-state index in [0.29, 0.717) is 29.0 Å². The fourth-order valence-corrected chi connectivity index (χ4v) is 2.54. The molecule has 1 aromatic rings. The van der Waals surface area contributed by atoms with Crippen molar-refractivity contribution in [2.75, 3.05) is 25.0 Å². The van der Waals surface area contributed by atoms with Crippen molar-refractivity contribution in [3.05, 3.63) is 23.2 Å². The number of halogens is 1. The summed E-state index contributed by atoms with van der Waals surface area (Å²) in [7, 11) is 0. The van der Waals surface area contributed by atoms with Crippen LogP contribution in [0.1, 0.15) is 20.3 Å². The summed E-state index contributed by atoms with van der Waals surface area (Å²) in [5.74, 6) is 1.07. The predicted molar refractivity (Wildman–Crippen MR) is 81.4 cm³/mol. The van der Waals surface area contributed by atoms with Crippen molar-refractivity contribution in [2.24, 2.45) is 11.8 Å². The van der Waals surface area contributed by atoms with Crippen molar-refractivity contribution < 1.29 is 9.53 Å². The summed E-state index contributed by atoms with van der Waals surface area (Å²) in [6, 6.07) is 5.35. The van der Waals surface area contributed by atoms with Gasteiger partial charge in [-0.3, -0.25) is 4.79 Å². The highest BCUT2D eigenvalue weighted by Crippen LogP contribution is 2.28. The van der Waals surface area contributed by atoms with Gasteiger partial charge in [0.05, 0.1) is 17.5 Å². The van der Waals surface area contributed by atoms with Crippen LogP contribution in [0.3, 0.4) is 0 Å². The summed E-state index contributed by atoms with van der Waals surface area (Å²) in [4.78, 5) is 12.2. The van der Waals surface area contributed by atoms with Crippen LogP contribution in [-0.4, -0.2) is 25.6 Å². The first kappa shape index (κ1) is 15.1. The van der Waals surface area contributed by atoms with Gasteiger partial charge in [-0.2, -0.15) is 0 Å². The van der Waals surface area contributed by atoms with Crippen LogP contribution in [-0.2, 0) is 4.79 Å². The molecule has 1 saturated heterocycles. The van der Waals surface area contributed by atoms with Crippen LogP contribution in [0.25, 0.3) is 0 Å². The van der Waals surface area contributed by atoms with Crippen LogP contribution in [0.15, 0.2) is 18.2 Å². The lowest BCUT2D eigenvalue weighted by molar-refractivity contribution is -0.120. The molecule has 4 nitrogen and oxygen atoms in total. The standard InChI is InChI=1S/C15H21ClN2O2/c1-3-6-20-14-5-4-11(7-13(14)16)18-15(19)12-9-17-8-10(12)2/h4-5,7,10,12,17H,3,6,8-9H2,1-2H3,(H,18,19). The van der Waals surface area contributed by atoms with Crippen molar-refractivity contribution in [3.63, 3.8) is 0 Å². The molecule has 1 aliphatic heterocycles. The number of amides is 1. The zero-order valence-electron chi connectivity index (χ0n) is 11.9. The molecule has 0 spiro atoms. The predicted octanol–water partition coefficient (Wildman–Crippen LogP) is 2.92. The lowest BCUT2D eigenvalue weighted by Crippen LogP contribution is -2.27. The van der Waals surface area contributed by atoms with Gasteiger partial charge in [0.2, 0.25) is 5.91 Å². The molecular weight excluding hydrogens is 276 g/mol. The zero-order valence-corrected chi connectivity index (χ0v) is 12.7. The van der Waals surface area contributed by atoms with E-state index in [1.165, 1.54) is 0 Å². The highest BCUT2D eigenvalue weighted by atomic mass is 35.5. The second-order valence-corrected chi connectivity index (χ2v) is 5.63. The quantitative estimate of drug-likeness (QED) is 0.878. The third-order valence-corrected chi connectivity index (χ3v) is 3.81. The van der Waals surface area contributed by atoms with Gasteiger partial charge >= 0.3 is 0 Å². The highest BCUT2D eigenvalue weighted by Gasteiger charge is 2.29. The lowest BCUT2D eigenvalue weighted by Gasteiger charge is -2.15. The first-order valence-electron chi connectivity index (χ1n) is 7.05. The molecule has 0 aliphatic carbocycles. The van der Waals surface area contributed by atoms with Crippen LogP contribution in [0.2, 0.25) is 5.02 Å². The van der Waals surface area contributed by atoms with Crippen molar-refractivity contribution in [3.8, 4) is 5.75 Å². The average molecular weight is 297 g/mol. The normalized spacial score (nSPS) is 21.8. The zero-order chi connectivity index (χ0) is 14.5. The molecule has 1 amide bonds. The average Bonchev–Trinajstić information content (AvgIpc) is 2.84. The number of ether oxygens (including phenoxy) is 1. The number of nitrogens with one attached hydrogen (secondary N) is 2. The maximum atomic E-state index is 12.2. The molecule has 0 aromatic heterocycles. The van der Waals surface area contributed by atoms with Crippen molar-refractivity contribution in [1.29, 1.82) is 0 Å². The maximum Gasteiger partial charge on any atom is 0.229 e. The molecule has 110 valence electrons. The monoisotopic (exact) mass is 296 g/mol. The van der Waals surface area contributed by atoms with E-state index in [-0.39, 0.29) is 11.8 Å².